The average molecular weight is 540 g/mol. The van der Waals surface area contributed by atoms with E-state index in [1.807, 2.05) is 27.7 Å². The highest BCUT2D eigenvalue weighted by molar-refractivity contribution is 14.0. The van der Waals surface area contributed by atoms with Crippen LogP contribution in [0, 0.1) is 0 Å². The average Bonchev–Trinajstić information content (AvgIpc) is 2.60. The van der Waals surface area contributed by atoms with Gasteiger partial charge in [0.05, 0.1) is 10.6 Å². The zero-order chi connectivity index (χ0) is 21.0. The summed E-state index contributed by atoms with van der Waals surface area (Å²) in [7, 11) is -3.33. The summed E-state index contributed by atoms with van der Waals surface area (Å²) in [6, 6.07) is 8.37. The van der Waals surface area contributed by atoms with Crippen molar-refractivity contribution in [2.24, 2.45) is 4.99 Å². The zero-order valence-electron chi connectivity index (χ0n) is 17.5. The molecule has 0 aromatic heterocycles. The van der Waals surface area contributed by atoms with Gasteiger partial charge in [0.25, 0.3) is 0 Å². The van der Waals surface area contributed by atoms with Crippen molar-refractivity contribution in [3.63, 3.8) is 0 Å². The molecular weight excluding hydrogens is 507 g/mol. The maximum absolute atomic E-state index is 12.3. The molecule has 0 aliphatic rings. The number of rotatable bonds is 9. The van der Waals surface area contributed by atoms with E-state index < -0.39 is 21.5 Å². The molecule has 0 heterocycles. The van der Waals surface area contributed by atoms with Crippen LogP contribution in [0.4, 0.5) is 4.79 Å². The van der Waals surface area contributed by atoms with Gasteiger partial charge in [0.15, 0.2) is 15.8 Å². The van der Waals surface area contributed by atoms with Crippen LogP contribution in [0.2, 0.25) is 0 Å². The third-order valence-corrected chi connectivity index (χ3v) is 5.11. The lowest BCUT2D eigenvalue weighted by atomic mass is 10.2. The first kappa shape index (κ1) is 27.4. The molecule has 1 rings (SSSR count). The van der Waals surface area contributed by atoms with Gasteiger partial charge < -0.3 is 20.7 Å². The number of aliphatic imine (C=N–C) groups is 1. The second-order valence-corrected chi connectivity index (χ2v) is 9.21. The van der Waals surface area contributed by atoms with Crippen molar-refractivity contribution in [1.82, 2.24) is 16.0 Å². The first-order valence-corrected chi connectivity index (χ1v) is 11.1. The number of nitrogens with one attached hydrogen (secondary N) is 3. The molecule has 10 heteroatoms. The van der Waals surface area contributed by atoms with E-state index in [1.165, 1.54) is 0 Å². The van der Waals surface area contributed by atoms with E-state index in [0.717, 1.165) is 0 Å². The van der Waals surface area contributed by atoms with Gasteiger partial charge >= 0.3 is 6.09 Å². The quantitative estimate of drug-likeness (QED) is 0.192. The SMILES string of the molecule is CCNC(=NCCCNC(=O)OC(C)(C)C)NCCS(=O)(=O)c1ccccc1.I. The van der Waals surface area contributed by atoms with Crippen molar-refractivity contribution in [3.05, 3.63) is 30.3 Å². The van der Waals surface area contributed by atoms with Crippen LogP contribution in [0.3, 0.4) is 0 Å². The molecule has 0 aliphatic carbocycles. The Labute approximate surface area is 191 Å². The number of ether oxygens (including phenoxy) is 1. The van der Waals surface area contributed by atoms with Crippen molar-refractivity contribution >= 4 is 45.9 Å². The second kappa shape index (κ2) is 13.6. The molecule has 8 nitrogen and oxygen atoms in total. The van der Waals surface area contributed by atoms with Crippen LogP contribution < -0.4 is 16.0 Å². The lowest BCUT2D eigenvalue weighted by molar-refractivity contribution is 0.0527. The topological polar surface area (TPSA) is 109 Å². The predicted molar refractivity (Wildman–Crippen MR) is 127 cm³/mol. The molecule has 3 N–H and O–H groups in total. The molecule has 0 saturated heterocycles. The summed E-state index contributed by atoms with van der Waals surface area (Å²) < 4.78 is 29.7. The fourth-order valence-corrected chi connectivity index (χ4v) is 3.34. The number of halogens is 1. The van der Waals surface area contributed by atoms with Gasteiger partial charge in [-0.15, -0.1) is 24.0 Å². The van der Waals surface area contributed by atoms with E-state index in [2.05, 4.69) is 20.9 Å². The highest BCUT2D eigenvalue weighted by Gasteiger charge is 2.15. The number of carbonyl (C=O) groups excluding carboxylic acids is 1. The molecule has 0 saturated carbocycles. The van der Waals surface area contributed by atoms with Crippen molar-refractivity contribution in [3.8, 4) is 0 Å². The molecule has 0 unspecified atom stereocenters. The molecule has 1 aromatic rings. The zero-order valence-corrected chi connectivity index (χ0v) is 20.7. The van der Waals surface area contributed by atoms with Gasteiger partial charge in [-0.3, -0.25) is 4.99 Å². The highest BCUT2D eigenvalue weighted by atomic mass is 127. The summed E-state index contributed by atoms with van der Waals surface area (Å²) in [5.74, 6) is 0.518. The lowest BCUT2D eigenvalue weighted by Gasteiger charge is -2.19. The largest absolute Gasteiger partial charge is 0.444 e. The maximum atomic E-state index is 12.3. The summed E-state index contributed by atoms with van der Waals surface area (Å²) in [5.41, 5.74) is -0.523. The predicted octanol–water partition coefficient (Wildman–Crippen LogP) is 2.55. The van der Waals surface area contributed by atoms with E-state index in [9.17, 15) is 13.2 Å². The highest BCUT2D eigenvalue weighted by Crippen LogP contribution is 2.09. The summed E-state index contributed by atoms with van der Waals surface area (Å²) in [6.45, 7) is 9.20. The molecule has 166 valence electrons. The molecule has 0 aliphatic heterocycles. The number of carbonyl (C=O) groups is 1. The lowest BCUT2D eigenvalue weighted by Crippen LogP contribution is -2.39. The van der Waals surface area contributed by atoms with E-state index in [4.69, 9.17) is 4.74 Å². The minimum Gasteiger partial charge on any atom is -0.444 e. The Balaban J connectivity index is 0.00000784. The monoisotopic (exact) mass is 540 g/mol. The van der Waals surface area contributed by atoms with Gasteiger partial charge in [-0.1, -0.05) is 18.2 Å². The van der Waals surface area contributed by atoms with Crippen LogP contribution in [0.5, 0.6) is 0 Å². The van der Waals surface area contributed by atoms with E-state index in [1.54, 1.807) is 30.3 Å². The Morgan fingerprint density at radius 3 is 2.31 bits per heavy atom. The van der Waals surface area contributed by atoms with Crippen LogP contribution in [0.15, 0.2) is 40.2 Å². The first-order chi connectivity index (χ1) is 13.1. The third-order valence-electron chi connectivity index (χ3n) is 3.38. The molecule has 0 atom stereocenters. The minimum absolute atomic E-state index is 0. The molecule has 29 heavy (non-hydrogen) atoms. The standard InChI is InChI=1S/C19H32N4O4S.HI/c1-5-20-17(21-12-9-13-23-18(24)27-19(2,3)4)22-14-15-28(25,26)16-10-7-6-8-11-16;/h6-8,10-11H,5,9,12-15H2,1-4H3,(H,23,24)(H2,20,21,22);1H. The fourth-order valence-electron chi connectivity index (χ4n) is 2.17. The second-order valence-electron chi connectivity index (χ2n) is 7.10. The number of nitrogens with zero attached hydrogens (tertiary/aromatic N) is 1. The Hall–Kier alpha value is -1.56. The number of benzene rings is 1. The van der Waals surface area contributed by atoms with Crippen molar-refractivity contribution in [2.75, 3.05) is 31.9 Å². The van der Waals surface area contributed by atoms with Gasteiger partial charge in [-0.05, 0) is 46.2 Å². The van der Waals surface area contributed by atoms with E-state index in [-0.39, 0.29) is 36.3 Å². The molecular formula is C19H33IN4O4S. The Kier molecular flexibility index (Phi) is 12.9. The van der Waals surface area contributed by atoms with Crippen molar-refractivity contribution < 1.29 is 17.9 Å². The Morgan fingerprint density at radius 1 is 1.07 bits per heavy atom. The van der Waals surface area contributed by atoms with Crippen LogP contribution >= 0.6 is 24.0 Å². The Morgan fingerprint density at radius 2 is 1.72 bits per heavy atom. The summed E-state index contributed by atoms with van der Waals surface area (Å²) in [5, 5.41) is 8.77. The van der Waals surface area contributed by atoms with Gasteiger partial charge in [0.2, 0.25) is 0 Å². The molecule has 0 spiro atoms. The van der Waals surface area contributed by atoms with Crippen LogP contribution in [0.25, 0.3) is 0 Å². The number of amides is 1. The van der Waals surface area contributed by atoms with E-state index >= 15 is 0 Å². The van der Waals surface area contributed by atoms with Crippen molar-refractivity contribution in [2.45, 2.75) is 44.6 Å². The van der Waals surface area contributed by atoms with E-state index in [0.29, 0.717) is 36.9 Å². The normalized spacial score (nSPS) is 11.9. The van der Waals surface area contributed by atoms with Crippen LogP contribution in [-0.2, 0) is 14.6 Å². The fraction of sp³-hybridized carbons (Fsp3) is 0.579. The number of sulfone groups is 1. The molecule has 1 aromatic carbocycles. The maximum Gasteiger partial charge on any atom is 0.407 e. The smallest absolute Gasteiger partial charge is 0.407 e. The summed E-state index contributed by atoms with van der Waals surface area (Å²) >= 11 is 0. The molecule has 0 bridgehead atoms. The molecule has 0 radical (unpaired) electrons. The van der Waals surface area contributed by atoms with Crippen LogP contribution in [-0.4, -0.2) is 58.0 Å². The Bertz CT molecular complexity index is 734. The first-order valence-electron chi connectivity index (χ1n) is 9.41. The molecule has 0 fully saturated rings. The summed E-state index contributed by atoms with van der Waals surface area (Å²) in [6.07, 6.45) is 0.186. The third kappa shape index (κ3) is 12.6. The van der Waals surface area contributed by atoms with Gasteiger partial charge in [-0.25, -0.2) is 13.2 Å². The van der Waals surface area contributed by atoms with Gasteiger partial charge in [-0.2, -0.15) is 0 Å². The number of guanidine groups is 1. The molecule has 1 amide bonds. The number of alkyl carbamates (subject to hydrolysis) is 1. The van der Waals surface area contributed by atoms with Gasteiger partial charge in [0, 0.05) is 26.2 Å². The summed E-state index contributed by atoms with van der Waals surface area (Å²) in [4.78, 5) is 16.3. The minimum atomic E-state index is -3.33. The van der Waals surface area contributed by atoms with Gasteiger partial charge in [0.1, 0.15) is 5.60 Å². The van der Waals surface area contributed by atoms with Crippen LogP contribution in [0.1, 0.15) is 34.1 Å². The number of hydrogen-bond donors (Lipinski definition) is 3. The van der Waals surface area contributed by atoms with Crippen molar-refractivity contribution in [1.29, 1.82) is 0 Å². The number of hydrogen-bond acceptors (Lipinski definition) is 5.